The van der Waals surface area contributed by atoms with Crippen molar-refractivity contribution in [2.24, 2.45) is 0 Å². The number of aryl methyl sites for hydroxylation is 1. The quantitative estimate of drug-likeness (QED) is 0.220. The van der Waals surface area contributed by atoms with Crippen LogP contribution in [0.25, 0.3) is 11.1 Å². The summed E-state index contributed by atoms with van der Waals surface area (Å²) in [5.41, 5.74) is 8.07. The van der Waals surface area contributed by atoms with Crippen LogP contribution in [0.4, 0.5) is 5.82 Å². The van der Waals surface area contributed by atoms with Crippen LogP contribution in [-0.4, -0.2) is 11.7 Å². The van der Waals surface area contributed by atoms with E-state index >= 15 is 0 Å². The minimum absolute atomic E-state index is 0.0958. The molecule has 0 fully saturated rings. The number of nitrogens with one attached hydrogen (secondary N) is 1. The summed E-state index contributed by atoms with van der Waals surface area (Å²) in [6, 6.07) is 24.6. The average Bonchev–Trinajstić information content (AvgIpc) is 2.88. The van der Waals surface area contributed by atoms with Crippen molar-refractivity contribution in [3.8, 4) is 17.2 Å². The molecule has 0 saturated carbocycles. The van der Waals surface area contributed by atoms with Gasteiger partial charge in [-0.3, -0.25) is 0 Å². The van der Waals surface area contributed by atoms with Gasteiger partial charge in [-0.15, -0.1) is 0 Å². The Bertz CT molecular complexity index is 1430. The summed E-state index contributed by atoms with van der Waals surface area (Å²) in [4.78, 5) is 4.59. The Morgan fingerprint density at radius 3 is 2.63 bits per heavy atom. The average molecular weight is 500 g/mol. The van der Waals surface area contributed by atoms with E-state index in [1.54, 1.807) is 0 Å². The fourth-order valence-electron chi connectivity index (χ4n) is 4.61. The maximum absolute atomic E-state index is 10.1. The standard InChI is InChI=1S/C29H23Cl2N3O/c1-18-6-8-19(9-7-18)16-35-17-34-29-25(14-32)28-21(15-33-29)12-24(22-4-2-3-5-23(22)28)20-10-11-26(30)27(31)13-20/h2-11,13,15,24H,12,16-17H2,1H3,(H,33,34). The molecule has 6 heteroatoms. The number of hydrogen-bond acceptors (Lipinski definition) is 4. The van der Waals surface area contributed by atoms with E-state index in [0.717, 1.165) is 39.8 Å². The van der Waals surface area contributed by atoms with Crippen LogP contribution < -0.4 is 5.32 Å². The van der Waals surface area contributed by atoms with E-state index in [1.807, 2.05) is 36.5 Å². The van der Waals surface area contributed by atoms with Crippen LogP contribution in [0, 0.1) is 18.3 Å². The Hall–Kier alpha value is -3.36. The summed E-state index contributed by atoms with van der Waals surface area (Å²) >= 11 is 12.5. The van der Waals surface area contributed by atoms with Crippen LogP contribution in [-0.2, 0) is 17.8 Å². The number of benzene rings is 3. The van der Waals surface area contributed by atoms with Crippen molar-refractivity contribution in [1.82, 2.24) is 4.98 Å². The summed E-state index contributed by atoms with van der Waals surface area (Å²) in [6.07, 6.45) is 2.58. The zero-order valence-electron chi connectivity index (χ0n) is 19.2. The molecule has 0 saturated heterocycles. The maximum atomic E-state index is 10.1. The Morgan fingerprint density at radius 2 is 1.86 bits per heavy atom. The van der Waals surface area contributed by atoms with Gasteiger partial charge in [0.15, 0.2) is 0 Å². The van der Waals surface area contributed by atoms with E-state index in [4.69, 9.17) is 27.9 Å². The third kappa shape index (κ3) is 4.76. The zero-order valence-corrected chi connectivity index (χ0v) is 20.7. The molecule has 3 aromatic carbocycles. The highest BCUT2D eigenvalue weighted by Gasteiger charge is 2.29. The first-order valence-corrected chi connectivity index (χ1v) is 12.1. The van der Waals surface area contributed by atoms with Gasteiger partial charge in [0.05, 0.1) is 16.7 Å². The van der Waals surface area contributed by atoms with Gasteiger partial charge in [0, 0.05) is 17.7 Å². The molecule has 1 N–H and O–H groups in total. The van der Waals surface area contributed by atoms with Crippen molar-refractivity contribution in [2.75, 3.05) is 12.0 Å². The van der Waals surface area contributed by atoms with E-state index in [1.165, 1.54) is 5.56 Å². The molecule has 1 atom stereocenters. The van der Waals surface area contributed by atoms with Gasteiger partial charge in [0.2, 0.25) is 0 Å². The van der Waals surface area contributed by atoms with Crippen LogP contribution in [0.1, 0.15) is 39.3 Å². The normalized spacial score (nSPS) is 14.1. The minimum atomic E-state index is 0.0958. The van der Waals surface area contributed by atoms with Gasteiger partial charge in [-0.1, -0.05) is 83.4 Å². The number of nitriles is 1. The third-order valence-corrected chi connectivity index (χ3v) is 7.11. The van der Waals surface area contributed by atoms with Crippen molar-refractivity contribution in [3.05, 3.63) is 116 Å². The number of fused-ring (bicyclic) bond motifs is 3. The second-order valence-electron chi connectivity index (χ2n) is 8.67. The Kier molecular flexibility index (Phi) is 6.74. The fourth-order valence-corrected chi connectivity index (χ4v) is 4.92. The lowest BCUT2D eigenvalue weighted by Crippen LogP contribution is -2.16. The number of nitrogens with zero attached hydrogens (tertiary/aromatic N) is 2. The molecule has 1 aromatic heterocycles. The number of ether oxygens (including phenoxy) is 1. The van der Waals surface area contributed by atoms with Crippen LogP contribution in [0.2, 0.25) is 10.0 Å². The van der Waals surface area contributed by atoms with E-state index in [-0.39, 0.29) is 12.6 Å². The Balaban J connectivity index is 1.42. The topological polar surface area (TPSA) is 57.9 Å². The molecule has 0 spiro atoms. The number of aromatic nitrogens is 1. The summed E-state index contributed by atoms with van der Waals surface area (Å²) in [5.74, 6) is 0.622. The van der Waals surface area contributed by atoms with Crippen LogP contribution in [0.15, 0.2) is 72.9 Å². The molecule has 0 amide bonds. The van der Waals surface area contributed by atoms with Gasteiger partial charge in [-0.05, 0) is 53.3 Å². The lowest BCUT2D eigenvalue weighted by molar-refractivity contribution is 0.138. The summed E-state index contributed by atoms with van der Waals surface area (Å²) in [5, 5.41) is 14.4. The molecule has 4 nitrogen and oxygen atoms in total. The van der Waals surface area contributed by atoms with E-state index in [9.17, 15) is 5.26 Å². The number of anilines is 1. The number of halogens is 2. The van der Waals surface area contributed by atoms with Gasteiger partial charge in [0.1, 0.15) is 24.2 Å². The summed E-state index contributed by atoms with van der Waals surface area (Å²) in [7, 11) is 0. The molecular formula is C29H23Cl2N3O. The predicted molar refractivity (Wildman–Crippen MR) is 141 cm³/mol. The maximum Gasteiger partial charge on any atom is 0.146 e. The first-order valence-electron chi connectivity index (χ1n) is 11.4. The van der Waals surface area contributed by atoms with Crippen LogP contribution in [0.3, 0.4) is 0 Å². The largest absolute Gasteiger partial charge is 0.357 e. The molecule has 1 aliphatic carbocycles. The van der Waals surface area contributed by atoms with Gasteiger partial charge in [-0.2, -0.15) is 5.26 Å². The third-order valence-electron chi connectivity index (χ3n) is 6.38. The predicted octanol–water partition coefficient (Wildman–Crippen LogP) is 7.51. The second kappa shape index (κ2) is 10.1. The first-order chi connectivity index (χ1) is 17.0. The molecule has 5 rings (SSSR count). The molecule has 0 radical (unpaired) electrons. The fraction of sp³-hybridized carbons (Fsp3) is 0.172. The highest BCUT2D eigenvalue weighted by molar-refractivity contribution is 6.42. The smallest absolute Gasteiger partial charge is 0.146 e. The zero-order chi connectivity index (χ0) is 24.4. The van der Waals surface area contributed by atoms with Crippen molar-refractivity contribution in [2.45, 2.75) is 25.9 Å². The minimum Gasteiger partial charge on any atom is -0.357 e. The molecule has 4 aromatic rings. The lowest BCUT2D eigenvalue weighted by Gasteiger charge is -2.29. The van der Waals surface area contributed by atoms with Crippen molar-refractivity contribution >= 4 is 29.0 Å². The number of rotatable bonds is 6. The van der Waals surface area contributed by atoms with Crippen LogP contribution in [0.5, 0.6) is 0 Å². The van der Waals surface area contributed by atoms with Gasteiger partial charge in [-0.25, -0.2) is 4.98 Å². The highest BCUT2D eigenvalue weighted by Crippen LogP contribution is 2.45. The first kappa shape index (κ1) is 23.4. The molecule has 1 aliphatic rings. The van der Waals surface area contributed by atoms with E-state index in [2.05, 4.69) is 59.7 Å². The summed E-state index contributed by atoms with van der Waals surface area (Å²) < 4.78 is 5.79. The molecule has 1 heterocycles. The molecule has 1 unspecified atom stereocenters. The number of hydrogen-bond donors (Lipinski definition) is 1. The van der Waals surface area contributed by atoms with Crippen molar-refractivity contribution in [1.29, 1.82) is 5.26 Å². The van der Waals surface area contributed by atoms with Gasteiger partial charge >= 0.3 is 0 Å². The van der Waals surface area contributed by atoms with Crippen molar-refractivity contribution in [3.63, 3.8) is 0 Å². The second-order valence-corrected chi connectivity index (χ2v) is 9.48. The lowest BCUT2D eigenvalue weighted by atomic mass is 9.75. The van der Waals surface area contributed by atoms with Gasteiger partial charge in [0.25, 0.3) is 0 Å². The molecule has 174 valence electrons. The number of pyridine rings is 1. The monoisotopic (exact) mass is 499 g/mol. The summed E-state index contributed by atoms with van der Waals surface area (Å²) in [6.45, 7) is 2.79. The highest BCUT2D eigenvalue weighted by atomic mass is 35.5. The molecule has 35 heavy (non-hydrogen) atoms. The van der Waals surface area contributed by atoms with Crippen molar-refractivity contribution < 1.29 is 4.74 Å². The van der Waals surface area contributed by atoms with E-state index in [0.29, 0.717) is 28.0 Å². The molecule has 0 aliphatic heterocycles. The Labute approximate surface area is 215 Å². The van der Waals surface area contributed by atoms with Crippen LogP contribution >= 0.6 is 23.2 Å². The Morgan fingerprint density at radius 1 is 1.06 bits per heavy atom. The SMILES string of the molecule is Cc1ccc(COCNc2ncc3c(c2C#N)-c2ccccc2C(c2ccc(Cl)c(Cl)c2)C3)cc1. The van der Waals surface area contributed by atoms with E-state index < -0.39 is 0 Å². The molecular weight excluding hydrogens is 477 g/mol. The van der Waals surface area contributed by atoms with Gasteiger partial charge < -0.3 is 10.1 Å². The molecule has 0 bridgehead atoms.